The van der Waals surface area contributed by atoms with E-state index in [1.54, 1.807) is 0 Å². The Morgan fingerprint density at radius 1 is 1.15 bits per heavy atom. The summed E-state index contributed by atoms with van der Waals surface area (Å²) in [5.74, 6) is 0.994. The minimum atomic E-state index is -3.13. The summed E-state index contributed by atoms with van der Waals surface area (Å²) in [7, 11) is -3.13. The van der Waals surface area contributed by atoms with Crippen molar-refractivity contribution in [3.8, 4) is 0 Å². The lowest BCUT2D eigenvalue weighted by Gasteiger charge is -2.20. The maximum atomic E-state index is 11.9. The Bertz CT molecular complexity index is 528. The van der Waals surface area contributed by atoms with Crippen LogP contribution < -0.4 is 15.4 Å². The van der Waals surface area contributed by atoms with Crippen LogP contribution in [0.25, 0.3) is 0 Å². The SMILES string of the molecule is CCNC(=NCCCN1CCCCCC1=O)NCCCNS(C)(=O)=O.I. The van der Waals surface area contributed by atoms with Crippen molar-refractivity contribution in [2.24, 2.45) is 4.99 Å². The Morgan fingerprint density at radius 2 is 1.92 bits per heavy atom. The zero-order chi connectivity index (χ0) is 18.5. The molecular weight excluding hydrogens is 469 g/mol. The van der Waals surface area contributed by atoms with E-state index in [1.165, 1.54) is 0 Å². The summed E-state index contributed by atoms with van der Waals surface area (Å²) in [5.41, 5.74) is 0. The zero-order valence-electron chi connectivity index (χ0n) is 15.9. The molecule has 0 aromatic rings. The number of hydrogen-bond donors (Lipinski definition) is 3. The summed E-state index contributed by atoms with van der Waals surface area (Å²) in [6.45, 7) is 6.09. The number of hydrogen-bond acceptors (Lipinski definition) is 4. The minimum absolute atomic E-state index is 0. The fourth-order valence-corrected chi connectivity index (χ4v) is 3.14. The molecule has 10 heteroatoms. The molecule has 0 aromatic carbocycles. The van der Waals surface area contributed by atoms with Crippen LogP contribution in [-0.4, -0.2) is 70.7 Å². The number of halogens is 1. The van der Waals surface area contributed by atoms with Crippen LogP contribution in [0.1, 0.15) is 45.4 Å². The normalized spacial score (nSPS) is 16.0. The minimum Gasteiger partial charge on any atom is -0.357 e. The van der Waals surface area contributed by atoms with E-state index in [2.05, 4.69) is 20.3 Å². The van der Waals surface area contributed by atoms with Crippen molar-refractivity contribution in [3.05, 3.63) is 0 Å². The van der Waals surface area contributed by atoms with Crippen LogP contribution in [0.2, 0.25) is 0 Å². The molecule has 0 saturated carbocycles. The van der Waals surface area contributed by atoms with Crippen molar-refractivity contribution in [2.75, 3.05) is 45.5 Å². The van der Waals surface area contributed by atoms with Crippen molar-refractivity contribution >= 4 is 45.9 Å². The number of nitrogens with zero attached hydrogens (tertiary/aromatic N) is 2. The molecule has 1 rings (SSSR count). The highest BCUT2D eigenvalue weighted by Gasteiger charge is 2.15. The molecular formula is C16H34IN5O3S. The van der Waals surface area contributed by atoms with Gasteiger partial charge in [-0.05, 0) is 32.6 Å². The molecule has 0 atom stereocenters. The van der Waals surface area contributed by atoms with Crippen LogP contribution >= 0.6 is 24.0 Å². The molecule has 154 valence electrons. The van der Waals surface area contributed by atoms with Gasteiger partial charge in [-0.25, -0.2) is 13.1 Å². The molecule has 1 fully saturated rings. The number of nitrogens with one attached hydrogen (secondary N) is 3. The Balaban J connectivity index is 0.00000625. The summed E-state index contributed by atoms with van der Waals surface area (Å²) in [6, 6.07) is 0. The second-order valence-corrected chi connectivity index (χ2v) is 8.09. The largest absolute Gasteiger partial charge is 0.357 e. The van der Waals surface area contributed by atoms with E-state index in [-0.39, 0.29) is 29.9 Å². The van der Waals surface area contributed by atoms with Crippen molar-refractivity contribution < 1.29 is 13.2 Å². The molecule has 3 N–H and O–H groups in total. The van der Waals surface area contributed by atoms with Gasteiger partial charge in [0.05, 0.1) is 6.26 Å². The Kier molecular flexibility index (Phi) is 14.1. The molecule has 1 amide bonds. The van der Waals surface area contributed by atoms with Crippen LogP contribution in [-0.2, 0) is 14.8 Å². The molecule has 8 nitrogen and oxygen atoms in total. The van der Waals surface area contributed by atoms with Crippen LogP contribution in [0.3, 0.4) is 0 Å². The number of carbonyl (C=O) groups is 1. The first-order valence-corrected chi connectivity index (χ1v) is 11.1. The molecule has 0 spiro atoms. The number of guanidine groups is 1. The molecule has 0 radical (unpaired) electrons. The summed E-state index contributed by atoms with van der Waals surface area (Å²) in [6.07, 6.45) is 6.60. The van der Waals surface area contributed by atoms with Gasteiger partial charge in [-0.1, -0.05) is 6.42 Å². The molecule has 0 aromatic heterocycles. The second kappa shape index (κ2) is 14.4. The van der Waals surface area contributed by atoms with Crippen molar-refractivity contribution in [1.82, 2.24) is 20.3 Å². The number of aliphatic imine (C=N–C) groups is 1. The maximum absolute atomic E-state index is 11.9. The van der Waals surface area contributed by atoms with Gasteiger partial charge in [0.1, 0.15) is 0 Å². The fourth-order valence-electron chi connectivity index (χ4n) is 2.62. The zero-order valence-corrected chi connectivity index (χ0v) is 19.1. The van der Waals surface area contributed by atoms with E-state index in [0.717, 1.165) is 57.5 Å². The van der Waals surface area contributed by atoms with Crippen LogP contribution in [0.4, 0.5) is 0 Å². The molecule has 26 heavy (non-hydrogen) atoms. The van der Waals surface area contributed by atoms with Gasteiger partial charge in [0.25, 0.3) is 0 Å². The van der Waals surface area contributed by atoms with Crippen molar-refractivity contribution in [3.63, 3.8) is 0 Å². The third kappa shape index (κ3) is 12.7. The second-order valence-electron chi connectivity index (χ2n) is 6.25. The van der Waals surface area contributed by atoms with Gasteiger partial charge in [-0.15, -0.1) is 24.0 Å². The first-order valence-electron chi connectivity index (χ1n) is 9.17. The third-order valence-electron chi connectivity index (χ3n) is 3.88. The van der Waals surface area contributed by atoms with E-state index in [0.29, 0.717) is 32.5 Å². The quantitative estimate of drug-likeness (QED) is 0.178. The lowest BCUT2D eigenvalue weighted by Crippen LogP contribution is -2.39. The van der Waals surface area contributed by atoms with Gasteiger partial charge in [0, 0.05) is 45.7 Å². The first-order chi connectivity index (χ1) is 11.9. The van der Waals surface area contributed by atoms with Gasteiger partial charge in [0.15, 0.2) is 5.96 Å². The van der Waals surface area contributed by atoms with Crippen LogP contribution in [0.15, 0.2) is 4.99 Å². The Hall–Kier alpha value is -0.620. The Morgan fingerprint density at radius 3 is 2.62 bits per heavy atom. The maximum Gasteiger partial charge on any atom is 0.222 e. The van der Waals surface area contributed by atoms with Crippen LogP contribution in [0.5, 0.6) is 0 Å². The standard InChI is InChI=1S/C16H33N5O3S.HI/c1-3-17-16(18-10-7-12-20-25(2,23)24)19-11-8-14-21-13-6-4-5-9-15(21)22;/h20H,3-14H2,1-2H3,(H2,17,18,19);1H. The lowest BCUT2D eigenvalue weighted by atomic mass is 10.2. The molecule has 1 aliphatic rings. The number of rotatable bonds is 10. The van der Waals surface area contributed by atoms with E-state index >= 15 is 0 Å². The topological polar surface area (TPSA) is 103 Å². The van der Waals surface area contributed by atoms with Gasteiger partial charge >= 0.3 is 0 Å². The summed E-state index contributed by atoms with van der Waals surface area (Å²) < 4.78 is 24.4. The van der Waals surface area contributed by atoms with Gasteiger partial charge in [-0.3, -0.25) is 9.79 Å². The Labute approximate surface area is 175 Å². The smallest absolute Gasteiger partial charge is 0.222 e. The predicted octanol–water partition coefficient (Wildman–Crippen LogP) is 0.892. The fraction of sp³-hybridized carbons (Fsp3) is 0.875. The third-order valence-corrected chi connectivity index (χ3v) is 4.61. The van der Waals surface area contributed by atoms with E-state index in [9.17, 15) is 13.2 Å². The van der Waals surface area contributed by atoms with Crippen molar-refractivity contribution in [2.45, 2.75) is 45.4 Å². The predicted molar refractivity (Wildman–Crippen MR) is 117 cm³/mol. The van der Waals surface area contributed by atoms with E-state index in [1.807, 2.05) is 11.8 Å². The summed E-state index contributed by atoms with van der Waals surface area (Å²) in [5, 5.41) is 6.35. The molecule has 0 aliphatic carbocycles. The number of amides is 1. The molecule has 0 bridgehead atoms. The average molecular weight is 503 g/mol. The summed E-state index contributed by atoms with van der Waals surface area (Å²) in [4.78, 5) is 18.4. The monoisotopic (exact) mass is 503 g/mol. The molecule has 1 heterocycles. The highest BCUT2D eigenvalue weighted by atomic mass is 127. The van der Waals surface area contributed by atoms with Gasteiger partial charge < -0.3 is 15.5 Å². The first kappa shape index (κ1) is 25.4. The molecule has 0 unspecified atom stereocenters. The lowest BCUT2D eigenvalue weighted by molar-refractivity contribution is -0.130. The number of carbonyl (C=O) groups excluding carboxylic acids is 1. The molecule has 1 saturated heterocycles. The van der Waals surface area contributed by atoms with E-state index in [4.69, 9.17) is 0 Å². The molecule has 1 aliphatic heterocycles. The highest BCUT2D eigenvalue weighted by Crippen LogP contribution is 2.11. The van der Waals surface area contributed by atoms with Gasteiger partial charge in [0.2, 0.25) is 15.9 Å². The number of likely N-dealkylation sites (tertiary alicyclic amines) is 1. The van der Waals surface area contributed by atoms with Crippen molar-refractivity contribution in [1.29, 1.82) is 0 Å². The van der Waals surface area contributed by atoms with Crippen LogP contribution in [0, 0.1) is 0 Å². The highest BCUT2D eigenvalue weighted by molar-refractivity contribution is 14.0. The summed E-state index contributed by atoms with van der Waals surface area (Å²) >= 11 is 0. The van der Waals surface area contributed by atoms with Gasteiger partial charge in [-0.2, -0.15) is 0 Å². The number of sulfonamides is 1. The average Bonchev–Trinajstić information content (AvgIpc) is 2.74. The van der Waals surface area contributed by atoms with E-state index < -0.39 is 10.0 Å².